The average Bonchev–Trinajstić information content (AvgIpc) is 2.48. The average molecular weight is 311 g/mol. The molecule has 0 unspecified atom stereocenters. The molecule has 1 aromatic rings. The molecule has 0 saturated heterocycles. The topological polar surface area (TPSA) is 32.7 Å². The SMILES string of the molecule is C#CCOC[C@@H](O)CN(Cc1ccc(F)cc1F)[C@H](C)CC. The summed E-state index contributed by atoms with van der Waals surface area (Å²) in [5.74, 6) is 1.16. The monoisotopic (exact) mass is 311 g/mol. The van der Waals surface area contributed by atoms with E-state index < -0.39 is 17.7 Å². The van der Waals surface area contributed by atoms with Crippen LogP contribution in [-0.4, -0.2) is 41.9 Å². The van der Waals surface area contributed by atoms with Gasteiger partial charge in [-0.05, 0) is 19.4 Å². The summed E-state index contributed by atoms with van der Waals surface area (Å²) in [5, 5.41) is 9.99. The Labute approximate surface area is 130 Å². The van der Waals surface area contributed by atoms with Crippen molar-refractivity contribution in [1.29, 1.82) is 0 Å². The molecule has 3 nitrogen and oxygen atoms in total. The Hall–Kier alpha value is -1.48. The highest BCUT2D eigenvalue weighted by atomic mass is 19.1. The van der Waals surface area contributed by atoms with Gasteiger partial charge in [0, 0.05) is 30.8 Å². The van der Waals surface area contributed by atoms with Crippen molar-refractivity contribution >= 4 is 0 Å². The van der Waals surface area contributed by atoms with Gasteiger partial charge in [0.25, 0.3) is 0 Å². The number of nitrogens with zero attached hydrogens (tertiary/aromatic N) is 1. The van der Waals surface area contributed by atoms with Gasteiger partial charge < -0.3 is 9.84 Å². The molecule has 0 saturated carbocycles. The van der Waals surface area contributed by atoms with Crippen molar-refractivity contribution in [2.45, 2.75) is 39.0 Å². The van der Waals surface area contributed by atoms with E-state index in [1.54, 1.807) is 0 Å². The Morgan fingerprint density at radius 2 is 2.14 bits per heavy atom. The Balaban J connectivity index is 2.70. The lowest BCUT2D eigenvalue weighted by atomic mass is 10.1. The molecule has 122 valence electrons. The number of hydrogen-bond acceptors (Lipinski definition) is 3. The second-order valence-corrected chi connectivity index (χ2v) is 5.30. The quantitative estimate of drug-likeness (QED) is 0.562. The van der Waals surface area contributed by atoms with Crippen LogP contribution < -0.4 is 0 Å². The van der Waals surface area contributed by atoms with Gasteiger partial charge in [-0.15, -0.1) is 6.42 Å². The third-order valence-electron chi connectivity index (χ3n) is 3.54. The maximum absolute atomic E-state index is 13.8. The van der Waals surface area contributed by atoms with Crippen LogP contribution in [0.15, 0.2) is 18.2 Å². The van der Waals surface area contributed by atoms with Crippen LogP contribution in [0.1, 0.15) is 25.8 Å². The Kier molecular flexibility index (Phi) is 8.03. The number of aliphatic hydroxyl groups excluding tert-OH is 1. The predicted octanol–water partition coefficient (Wildman–Crippen LogP) is 2.58. The van der Waals surface area contributed by atoms with Crippen molar-refractivity contribution in [2.24, 2.45) is 0 Å². The van der Waals surface area contributed by atoms with Gasteiger partial charge in [-0.25, -0.2) is 8.78 Å². The smallest absolute Gasteiger partial charge is 0.130 e. The van der Waals surface area contributed by atoms with Gasteiger partial charge in [-0.3, -0.25) is 4.90 Å². The summed E-state index contributed by atoms with van der Waals surface area (Å²) in [5.41, 5.74) is 0.401. The molecule has 1 aromatic carbocycles. The molecule has 0 amide bonds. The highest BCUT2D eigenvalue weighted by molar-refractivity contribution is 5.18. The molecule has 1 N–H and O–H groups in total. The fourth-order valence-corrected chi connectivity index (χ4v) is 2.10. The van der Waals surface area contributed by atoms with Crippen LogP contribution in [-0.2, 0) is 11.3 Å². The summed E-state index contributed by atoms with van der Waals surface area (Å²) in [6.07, 6.45) is 5.21. The Morgan fingerprint density at radius 3 is 2.73 bits per heavy atom. The fraction of sp³-hybridized carbons (Fsp3) is 0.529. The highest BCUT2D eigenvalue weighted by Gasteiger charge is 2.18. The lowest BCUT2D eigenvalue weighted by Crippen LogP contribution is -2.40. The first kappa shape index (κ1) is 18.6. The van der Waals surface area contributed by atoms with Crippen molar-refractivity contribution in [1.82, 2.24) is 4.90 Å². The molecule has 2 atom stereocenters. The zero-order valence-corrected chi connectivity index (χ0v) is 13.1. The first-order valence-corrected chi connectivity index (χ1v) is 7.35. The number of benzene rings is 1. The number of halogens is 2. The van der Waals surface area contributed by atoms with Crippen molar-refractivity contribution < 1.29 is 18.6 Å². The number of terminal acetylenes is 1. The second-order valence-electron chi connectivity index (χ2n) is 5.30. The first-order chi connectivity index (χ1) is 10.5. The minimum absolute atomic E-state index is 0.128. The Bertz CT molecular complexity index is 502. The number of ether oxygens (including phenoxy) is 1. The summed E-state index contributed by atoms with van der Waals surface area (Å²) >= 11 is 0. The molecule has 0 radical (unpaired) electrons. The van der Waals surface area contributed by atoms with Crippen LogP contribution in [0.4, 0.5) is 8.78 Å². The third kappa shape index (κ3) is 6.10. The minimum atomic E-state index is -0.717. The Morgan fingerprint density at radius 1 is 1.41 bits per heavy atom. The van der Waals surface area contributed by atoms with Crippen LogP contribution >= 0.6 is 0 Å². The predicted molar refractivity (Wildman–Crippen MR) is 82.2 cm³/mol. The molecule has 5 heteroatoms. The molecule has 0 aliphatic carbocycles. The van der Waals surface area contributed by atoms with Crippen LogP contribution in [0.5, 0.6) is 0 Å². The lowest BCUT2D eigenvalue weighted by molar-refractivity contribution is 0.0167. The molecule has 1 rings (SSSR count). The highest BCUT2D eigenvalue weighted by Crippen LogP contribution is 2.15. The number of rotatable bonds is 9. The lowest BCUT2D eigenvalue weighted by Gasteiger charge is -2.30. The van der Waals surface area contributed by atoms with Crippen LogP contribution in [0.3, 0.4) is 0 Å². The van der Waals surface area contributed by atoms with E-state index in [0.29, 0.717) is 18.7 Å². The standard InChI is InChI=1S/C17H23F2NO2/c1-4-8-22-12-16(21)11-20(13(3)5-2)10-14-6-7-15(18)9-17(14)19/h1,6-7,9,13,16,21H,5,8,10-12H2,2-3H3/t13-,16+/m1/s1. The minimum Gasteiger partial charge on any atom is -0.389 e. The van der Waals surface area contributed by atoms with Crippen LogP contribution in [0.2, 0.25) is 0 Å². The fourth-order valence-electron chi connectivity index (χ4n) is 2.10. The molecular weight excluding hydrogens is 288 g/mol. The van der Waals surface area contributed by atoms with Gasteiger partial charge in [0.15, 0.2) is 0 Å². The largest absolute Gasteiger partial charge is 0.389 e. The summed E-state index contributed by atoms with van der Waals surface area (Å²) in [7, 11) is 0. The zero-order chi connectivity index (χ0) is 16.5. The van der Waals surface area contributed by atoms with Crippen molar-refractivity contribution in [2.75, 3.05) is 19.8 Å². The van der Waals surface area contributed by atoms with Gasteiger partial charge in [0.2, 0.25) is 0 Å². The van der Waals surface area contributed by atoms with Crippen LogP contribution in [0, 0.1) is 24.0 Å². The molecule has 0 fully saturated rings. The normalized spacial score (nSPS) is 13.9. The van der Waals surface area contributed by atoms with Gasteiger partial charge >= 0.3 is 0 Å². The summed E-state index contributed by atoms with van der Waals surface area (Å²) < 4.78 is 31.9. The second kappa shape index (κ2) is 9.52. The van der Waals surface area contributed by atoms with Gasteiger partial charge in [0.1, 0.15) is 18.2 Å². The molecule has 0 aliphatic rings. The summed E-state index contributed by atoms with van der Waals surface area (Å²) in [6, 6.07) is 3.68. The third-order valence-corrected chi connectivity index (χ3v) is 3.54. The van der Waals surface area contributed by atoms with Crippen molar-refractivity contribution in [3.63, 3.8) is 0 Å². The maximum Gasteiger partial charge on any atom is 0.130 e. The summed E-state index contributed by atoms with van der Waals surface area (Å²) in [4.78, 5) is 1.94. The van der Waals surface area contributed by atoms with Gasteiger partial charge in [-0.2, -0.15) is 0 Å². The molecule has 22 heavy (non-hydrogen) atoms. The van der Waals surface area contributed by atoms with E-state index in [0.717, 1.165) is 12.5 Å². The maximum atomic E-state index is 13.8. The van der Waals surface area contributed by atoms with Gasteiger partial charge in [0.05, 0.1) is 12.7 Å². The van der Waals surface area contributed by atoms with Crippen molar-refractivity contribution in [3.05, 3.63) is 35.4 Å². The van der Waals surface area contributed by atoms with E-state index in [2.05, 4.69) is 5.92 Å². The molecule has 0 aliphatic heterocycles. The van der Waals surface area contributed by atoms with E-state index >= 15 is 0 Å². The van der Waals surface area contributed by atoms with Gasteiger partial charge in [-0.1, -0.05) is 18.9 Å². The molecular formula is C17H23F2NO2. The van der Waals surface area contributed by atoms with E-state index in [-0.39, 0.29) is 19.3 Å². The molecule has 0 aromatic heterocycles. The van der Waals surface area contributed by atoms with Crippen LogP contribution in [0.25, 0.3) is 0 Å². The van der Waals surface area contributed by atoms with Crippen molar-refractivity contribution in [3.8, 4) is 12.3 Å². The first-order valence-electron chi connectivity index (χ1n) is 7.35. The number of aliphatic hydroxyl groups is 1. The van der Waals surface area contributed by atoms with E-state index in [1.807, 2.05) is 18.7 Å². The van der Waals surface area contributed by atoms with E-state index in [4.69, 9.17) is 11.2 Å². The summed E-state index contributed by atoms with van der Waals surface area (Å²) in [6.45, 7) is 4.91. The van der Waals surface area contributed by atoms with E-state index in [9.17, 15) is 13.9 Å². The zero-order valence-electron chi connectivity index (χ0n) is 13.1. The number of hydrogen-bond donors (Lipinski definition) is 1. The molecule has 0 heterocycles. The van der Waals surface area contributed by atoms with E-state index in [1.165, 1.54) is 12.1 Å². The molecule has 0 bridgehead atoms. The molecule has 0 spiro atoms.